The van der Waals surface area contributed by atoms with Gasteiger partial charge in [-0.2, -0.15) is 0 Å². The first-order valence-electron chi connectivity index (χ1n) is 35.6. The van der Waals surface area contributed by atoms with Gasteiger partial charge in [0.25, 0.3) is 0 Å². The minimum absolute atomic E-state index is 1.18. The molecule has 4 nitrogen and oxygen atoms in total. The largest absolute Gasteiger partial charge is 0.309 e. The zero-order valence-corrected chi connectivity index (χ0v) is 57.9. The lowest BCUT2D eigenvalue weighted by Crippen LogP contribution is -1.97. The van der Waals surface area contributed by atoms with E-state index in [4.69, 9.17) is 0 Å². The number of hydrogen-bond donors (Lipinski definition) is 0. The van der Waals surface area contributed by atoms with Gasteiger partial charge >= 0.3 is 0 Å². The van der Waals surface area contributed by atoms with Crippen LogP contribution in [0.2, 0.25) is 0 Å². The average molecular weight is 1360 g/mol. The predicted octanol–water partition coefficient (Wildman–Crippen LogP) is 27.8. The molecule has 0 atom stereocenters. The second kappa shape index (κ2) is 23.2. The van der Waals surface area contributed by atoms with Crippen molar-refractivity contribution in [1.29, 1.82) is 0 Å². The van der Waals surface area contributed by atoms with Gasteiger partial charge in [0.15, 0.2) is 0 Å². The van der Waals surface area contributed by atoms with Crippen LogP contribution in [-0.2, 0) is 0 Å². The number of benzene rings is 17. The molecular weight excluding hydrogens is 1300 g/mol. The van der Waals surface area contributed by atoms with Crippen LogP contribution in [0, 0.1) is 0 Å². The summed E-state index contributed by atoms with van der Waals surface area (Å²) in [6, 6.07) is 134. The van der Waals surface area contributed by atoms with Gasteiger partial charge in [0, 0.05) is 100 Å². The second-order valence-corrected chi connectivity index (χ2v) is 29.6. The summed E-state index contributed by atoms with van der Waals surface area (Å²) in [5.74, 6) is 0. The summed E-state index contributed by atoms with van der Waals surface area (Å²) in [7, 11) is 0. The van der Waals surface area contributed by atoms with Crippen LogP contribution in [0.5, 0.6) is 0 Å². The Morgan fingerprint density at radius 1 is 0.173 bits per heavy atom. The lowest BCUT2D eigenvalue weighted by molar-refractivity contribution is 1.18. The van der Waals surface area contributed by atoms with Crippen LogP contribution in [0.1, 0.15) is 0 Å². The van der Waals surface area contributed by atoms with Crippen molar-refractivity contribution < 1.29 is 0 Å². The lowest BCUT2D eigenvalue weighted by Gasteiger charge is -2.15. The molecule has 484 valence electrons. The van der Waals surface area contributed by atoms with Crippen LogP contribution in [0.3, 0.4) is 0 Å². The highest BCUT2D eigenvalue weighted by atomic mass is 32.1. The van der Waals surface area contributed by atoms with E-state index in [1.807, 2.05) is 22.7 Å². The van der Waals surface area contributed by atoms with Gasteiger partial charge in [-0.3, -0.25) is 0 Å². The smallest absolute Gasteiger partial charge is 0.0555 e. The van der Waals surface area contributed by atoms with Crippen molar-refractivity contribution in [2.75, 3.05) is 0 Å². The monoisotopic (exact) mass is 1360 g/mol. The first-order chi connectivity index (χ1) is 51.6. The third-order valence-electron chi connectivity index (χ3n) is 21.8. The van der Waals surface area contributed by atoms with Gasteiger partial charge in [0.2, 0.25) is 0 Å². The highest BCUT2D eigenvalue weighted by molar-refractivity contribution is 7.26. The van der Waals surface area contributed by atoms with Crippen molar-refractivity contribution >= 4 is 172 Å². The van der Waals surface area contributed by atoms with E-state index >= 15 is 0 Å². The summed E-state index contributed by atoms with van der Waals surface area (Å²) < 4.78 is 15.0. The molecule has 17 aromatic carbocycles. The van der Waals surface area contributed by atoms with Gasteiger partial charge in [-0.05, 0) is 183 Å². The standard InChI is InChI=1S/C52H32N2S.C46H28N2S/c1-2-13-34-30-37(27-24-33(34)12-1)53-45-19-7-4-15-39(45)43-31-35(25-28-48(43)53)36-26-29-49-44(32-36)40-16-5-9-21-47(40)54(49)46-20-8-3-14-38(46)41-18-11-23-51-52(41)42-17-6-10-22-50(42)55-51;1-2-11-30-26-33(23-20-29(30)10-1)47-39-15-6-3-12-34(39)37-27-31(21-24-41(37)47)32-22-25-42-38(28-32)35-13-4-7-16-40(35)48(42)43-17-9-19-45-46(43)36-14-5-8-18-44(36)49-45/h1-32H;1-28H. The molecule has 0 saturated carbocycles. The molecule has 0 aliphatic rings. The summed E-state index contributed by atoms with van der Waals surface area (Å²) in [6.07, 6.45) is 0. The third kappa shape index (κ3) is 9.02. The molecule has 0 amide bonds. The SMILES string of the molecule is c1ccc(-n2c3ccccc3c3cc(-c4ccc5c(c4)c4ccccc4n5-c4ccc5ccccc5c4)ccc32)c(-c2cccc3sc4ccccc4c23)c1.c1ccc2cc(-n3c4ccccc4c4cc(-c5ccc6c(c5)c5ccccc5n6-c5cccc6sc7ccccc7c56)ccc43)ccc2c1. The molecule has 6 heterocycles. The number of thiophene rings is 2. The van der Waals surface area contributed by atoms with E-state index < -0.39 is 0 Å². The van der Waals surface area contributed by atoms with Crippen LogP contribution in [0.4, 0.5) is 0 Å². The van der Waals surface area contributed by atoms with Crippen molar-refractivity contribution in [3.8, 4) is 56.1 Å². The Hall–Kier alpha value is -13.1. The van der Waals surface area contributed by atoms with Crippen LogP contribution < -0.4 is 0 Å². The van der Waals surface area contributed by atoms with Crippen molar-refractivity contribution in [3.63, 3.8) is 0 Å². The maximum Gasteiger partial charge on any atom is 0.0555 e. The third-order valence-corrected chi connectivity index (χ3v) is 24.1. The van der Waals surface area contributed by atoms with E-state index in [1.165, 1.54) is 205 Å². The minimum atomic E-state index is 1.18. The Kier molecular flexibility index (Phi) is 13.1. The van der Waals surface area contributed by atoms with Gasteiger partial charge in [0.05, 0.1) is 55.5 Å². The number of fused-ring (bicyclic) bond motifs is 20. The van der Waals surface area contributed by atoms with Crippen molar-refractivity contribution in [3.05, 3.63) is 364 Å². The molecule has 23 aromatic rings. The number of rotatable bonds is 7. The van der Waals surface area contributed by atoms with E-state index in [-0.39, 0.29) is 0 Å². The fraction of sp³-hybridized carbons (Fsp3) is 0. The first kappa shape index (κ1) is 58.7. The average Bonchev–Trinajstić information content (AvgIpc) is 1.58. The van der Waals surface area contributed by atoms with Crippen LogP contribution in [0.15, 0.2) is 364 Å². The molecule has 6 aromatic heterocycles. The summed E-state index contributed by atoms with van der Waals surface area (Å²) in [5, 5.41) is 20.4. The number of hydrogen-bond acceptors (Lipinski definition) is 2. The normalized spacial score (nSPS) is 12.0. The van der Waals surface area contributed by atoms with Crippen molar-refractivity contribution in [2.45, 2.75) is 0 Å². The fourth-order valence-corrected chi connectivity index (χ4v) is 19.4. The Morgan fingerprint density at radius 2 is 0.490 bits per heavy atom. The Bertz CT molecular complexity index is 7510. The van der Waals surface area contributed by atoms with Crippen LogP contribution >= 0.6 is 22.7 Å². The molecular formula is C98H60N4S2. The van der Waals surface area contributed by atoms with E-state index in [2.05, 4.69) is 382 Å². The van der Waals surface area contributed by atoms with E-state index in [0.29, 0.717) is 0 Å². The minimum Gasteiger partial charge on any atom is -0.309 e. The quantitative estimate of drug-likeness (QED) is 0.152. The molecule has 0 radical (unpaired) electrons. The molecule has 0 fully saturated rings. The molecule has 0 aliphatic carbocycles. The summed E-state index contributed by atoms with van der Waals surface area (Å²) in [4.78, 5) is 0. The highest BCUT2D eigenvalue weighted by Crippen LogP contribution is 2.47. The zero-order chi connectivity index (χ0) is 68.1. The zero-order valence-electron chi connectivity index (χ0n) is 56.2. The van der Waals surface area contributed by atoms with Crippen molar-refractivity contribution in [2.24, 2.45) is 0 Å². The molecule has 0 spiro atoms. The summed E-state index contributed by atoms with van der Waals surface area (Å²) in [6.45, 7) is 0. The molecule has 0 bridgehead atoms. The van der Waals surface area contributed by atoms with Crippen molar-refractivity contribution in [1.82, 2.24) is 18.3 Å². The van der Waals surface area contributed by atoms with Gasteiger partial charge in [-0.1, -0.05) is 231 Å². The number of nitrogens with zero attached hydrogens (tertiary/aromatic N) is 4. The van der Waals surface area contributed by atoms with Gasteiger partial charge < -0.3 is 18.3 Å². The lowest BCUT2D eigenvalue weighted by atomic mass is 9.97. The van der Waals surface area contributed by atoms with Gasteiger partial charge in [-0.25, -0.2) is 0 Å². The molecule has 0 aliphatic heterocycles. The van der Waals surface area contributed by atoms with E-state index in [0.717, 1.165) is 0 Å². The Balaban J connectivity index is 0.000000132. The van der Waals surface area contributed by atoms with Gasteiger partial charge in [0.1, 0.15) is 0 Å². The van der Waals surface area contributed by atoms with E-state index in [1.54, 1.807) is 0 Å². The Labute approximate surface area is 605 Å². The van der Waals surface area contributed by atoms with E-state index in [9.17, 15) is 0 Å². The fourth-order valence-electron chi connectivity index (χ4n) is 17.2. The first-order valence-corrected chi connectivity index (χ1v) is 37.2. The number of para-hydroxylation sites is 5. The maximum absolute atomic E-state index is 2.47. The predicted molar refractivity (Wildman–Crippen MR) is 447 cm³/mol. The summed E-state index contributed by atoms with van der Waals surface area (Å²) in [5.41, 5.74) is 21.9. The summed E-state index contributed by atoms with van der Waals surface area (Å²) >= 11 is 3.74. The second-order valence-electron chi connectivity index (χ2n) is 27.4. The Morgan fingerprint density at radius 3 is 0.971 bits per heavy atom. The van der Waals surface area contributed by atoms with Gasteiger partial charge in [-0.15, -0.1) is 22.7 Å². The molecule has 0 saturated heterocycles. The molecule has 0 N–H and O–H groups in total. The molecule has 23 rings (SSSR count). The number of aromatic nitrogens is 4. The maximum atomic E-state index is 2.47. The van der Waals surface area contributed by atoms with Crippen LogP contribution in [-0.4, -0.2) is 18.3 Å². The molecule has 6 heteroatoms. The highest BCUT2D eigenvalue weighted by Gasteiger charge is 2.23. The molecule has 104 heavy (non-hydrogen) atoms. The molecule has 0 unspecified atom stereocenters. The topological polar surface area (TPSA) is 19.7 Å². The van der Waals surface area contributed by atoms with Crippen LogP contribution in [0.25, 0.3) is 205 Å².